The van der Waals surface area contributed by atoms with E-state index in [1.807, 2.05) is 31.2 Å². The molecule has 0 radical (unpaired) electrons. The van der Waals surface area contributed by atoms with Gasteiger partial charge in [-0.05, 0) is 17.9 Å². The number of ketones is 1. The lowest BCUT2D eigenvalue weighted by Gasteiger charge is -2.20. The van der Waals surface area contributed by atoms with Crippen LogP contribution in [0.3, 0.4) is 0 Å². The summed E-state index contributed by atoms with van der Waals surface area (Å²) < 4.78 is 10.2. The van der Waals surface area contributed by atoms with Gasteiger partial charge < -0.3 is 14.8 Å². The lowest BCUT2D eigenvalue weighted by molar-refractivity contribution is -0.0992. The van der Waals surface area contributed by atoms with Crippen molar-refractivity contribution in [3.8, 4) is 0 Å². The van der Waals surface area contributed by atoms with Crippen molar-refractivity contribution in [2.75, 3.05) is 20.8 Å². The quantitative estimate of drug-likeness (QED) is 0.620. The van der Waals surface area contributed by atoms with Gasteiger partial charge in [-0.1, -0.05) is 45.0 Å². The van der Waals surface area contributed by atoms with Gasteiger partial charge in [-0.3, -0.25) is 4.79 Å². The number of methoxy groups -OCH3 is 2. The molecule has 0 saturated carbocycles. The topological polar surface area (TPSA) is 47.6 Å². The summed E-state index contributed by atoms with van der Waals surface area (Å²) in [5.41, 5.74) is 2.03. The van der Waals surface area contributed by atoms with Gasteiger partial charge in [0, 0.05) is 26.3 Å². The molecule has 1 unspecified atom stereocenters. The van der Waals surface area contributed by atoms with Crippen molar-refractivity contribution in [2.45, 2.75) is 45.4 Å². The van der Waals surface area contributed by atoms with Gasteiger partial charge in [-0.2, -0.15) is 0 Å². The maximum absolute atomic E-state index is 12.4. The first-order valence-corrected chi connectivity index (χ1v) is 7.23. The van der Waals surface area contributed by atoms with Crippen LogP contribution in [0.4, 0.5) is 0 Å². The molecular weight excluding hydrogens is 266 g/mol. The van der Waals surface area contributed by atoms with Crippen LogP contribution in [-0.2, 0) is 14.9 Å². The molecule has 1 aromatic rings. The molecule has 0 saturated heterocycles. The normalized spacial score (nSPS) is 13.5. The number of hydrogen-bond donors (Lipinski definition) is 1. The maximum atomic E-state index is 12.4. The summed E-state index contributed by atoms with van der Waals surface area (Å²) in [6.07, 6.45) is -0.344. The average Bonchev–Trinajstić information content (AvgIpc) is 2.46. The summed E-state index contributed by atoms with van der Waals surface area (Å²) in [5.74, 6) is 0.0708. The highest BCUT2D eigenvalue weighted by Crippen LogP contribution is 2.22. The van der Waals surface area contributed by atoms with E-state index in [2.05, 4.69) is 26.1 Å². The molecule has 0 heterocycles. The van der Waals surface area contributed by atoms with Gasteiger partial charge in [0.05, 0.1) is 6.04 Å². The molecule has 1 atom stereocenters. The Bertz CT molecular complexity index is 444. The van der Waals surface area contributed by atoms with E-state index in [9.17, 15) is 4.79 Å². The Balaban J connectivity index is 2.66. The van der Waals surface area contributed by atoms with Crippen LogP contribution in [0, 0.1) is 0 Å². The zero-order chi connectivity index (χ0) is 16.0. The number of hydrogen-bond acceptors (Lipinski definition) is 4. The van der Waals surface area contributed by atoms with Gasteiger partial charge in [0.1, 0.15) is 0 Å². The highest BCUT2D eigenvalue weighted by Gasteiger charge is 2.18. The van der Waals surface area contributed by atoms with Crippen molar-refractivity contribution in [3.05, 3.63) is 35.4 Å². The minimum Gasteiger partial charge on any atom is -0.355 e. The highest BCUT2D eigenvalue weighted by molar-refractivity contribution is 5.99. The number of carbonyl (C=O) groups is 1. The Kier molecular flexibility index (Phi) is 6.52. The van der Waals surface area contributed by atoms with Crippen LogP contribution in [-0.4, -0.2) is 38.9 Å². The van der Waals surface area contributed by atoms with E-state index in [4.69, 9.17) is 9.47 Å². The van der Waals surface area contributed by atoms with E-state index in [-0.39, 0.29) is 23.5 Å². The van der Waals surface area contributed by atoms with Crippen LogP contribution in [0.15, 0.2) is 24.3 Å². The fraction of sp³-hybridized carbons (Fsp3) is 0.588. The minimum atomic E-state index is -0.344. The Morgan fingerprint density at radius 1 is 1.14 bits per heavy atom. The van der Waals surface area contributed by atoms with Crippen LogP contribution >= 0.6 is 0 Å². The molecule has 0 aliphatic carbocycles. The molecule has 0 aliphatic rings. The zero-order valence-corrected chi connectivity index (χ0v) is 13.9. The number of Topliss-reactive ketones (excluding diaryl/α,β-unsaturated/α-hetero) is 1. The summed E-state index contributed by atoms with van der Waals surface area (Å²) in [6.45, 7) is 8.79. The summed E-state index contributed by atoms with van der Waals surface area (Å²) >= 11 is 0. The summed E-state index contributed by atoms with van der Waals surface area (Å²) in [6, 6.07) is 7.55. The van der Waals surface area contributed by atoms with Crippen LogP contribution in [0.2, 0.25) is 0 Å². The third-order valence-corrected chi connectivity index (χ3v) is 3.55. The number of benzene rings is 1. The van der Waals surface area contributed by atoms with Crippen molar-refractivity contribution >= 4 is 5.78 Å². The van der Waals surface area contributed by atoms with E-state index in [0.29, 0.717) is 6.54 Å². The van der Waals surface area contributed by atoms with Gasteiger partial charge in [0.25, 0.3) is 0 Å². The first-order chi connectivity index (χ1) is 9.79. The molecule has 0 aliphatic heterocycles. The monoisotopic (exact) mass is 293 g/mol. The summed E-state index contributed by atoms with van der Waals surface area (Å²) in [7, 11) is 3.15. The van der Waals surface area contributed by atoms with E-state index in [0.717, 1.165) is 5.56 Å². The smallest absolute Gasteiger partial charge is 0.179 e. The molecule has 4 heteroatoms. The largest absolute Gasteiger partial charge is 0.355 e. The molecule has 0 bridgehead atoms. The zero-order valence-electron chi connectivity index (χ0n) is 13.9. The lowest BCUT2D eigenvalue weighted by Crippen LogP contribution is -2.40. The van der Waals surface area contributed by atoms with Crippen LogP contribution < -0.4 is 5.32 Å². The van der Waals surface area contributed by atoms with Crippen molar-refractivity contribution in [1.29, 1.82) is 0 Å². The number of rotatable bonds is 7. The second kappa shape index (κ2) is 7.69. The molecule has 118 valence electrons. The van der Waals surface area contributed by atoms with E-state index in [1.54, 1.807) is 14.2 Å². The molecule has 0 aromatic heterocycles. The molecule has 0 spiro atoms. The highest BCUT2D eigenvalue weighted by atomic mass is 16.7. The lowest BCUT2D eigenvalue weighted by atomic mass is 9.86. The van der Waals surface area contributed by atoms with Gasteiger partial charge in [-0.25, -0.2) is 0 Å². The standard InChI is InChI=1S/C17H27NO3/c1-12(18-11-15(20-5)21-6)16(19)13-7-9-14(10-8-13)17(2,3)4/h7-10,12,15,18H,11H2,1-6H3. The third kappa shape index (κ3) is 5.23. The first kappa shape index (κ1) is 17.8. The fourth-order valence-corrected chi connectivity index (χ4v) is 2.01. The fourth-order valence-electron chi connectivity index (χ4n) is 2.01. The molecule has 1 rings (SSSR count). The molecule has 0 amide bonds. The Labute approximate surface area is 127 Å². The Morgan fingerprint density at radius 3 is 2.10 bits per heavy atom. The number of ether oxygens (including phenoxy) is 2. The van der Waals surface area contributed by atoms with Crippen LogP contribution in [0.1, 0.15) is 43.6 Å². The summed E-state index contributed by atoms with van der Waals surface area (Å²) in [4.78, 5) is 12.4. The second-order valence-corrected chi connectivity index (χ2v) is 6.22. The van der Waals surface area contributed by atoms with E-state index < -0.39 is 0 Å². The minimum absolute atomic E-state index is 0.0708. The van der Waals surface area contributed by atoms with Crippen molar-refractivity contribution in [1.82, 2.24) is 5.32 Å². The molecule has 1 aromatic carbocycles. The van der Waals surface area contributed by atoms with Crippen LogP contribution in [0.5, 0.6) is 0 Å². The number of carbonyl (C=O) groups excluding carboxylic acids is 1. The van der Waals surface area contributed by atoms with Crippen molar-refractivity contribution < 1.29 is 14.3 Å². The maximum Gasteiger partial charge on any atom is 0.179 e. The molecular formula is C17H27NO3. The number of nitrogens with one attached hydrogen (secondary N) is 1. The Morgan fingerprint density at radius 2 is 1.67 bits per heavy atom. The average molecular weight is 293 g/mol. The van der Waals surface area contributed by atoms with Crippen molar-refractivity contribution in [2.24, 2.45) is 0 Å². The molecule has 21 heavy (non-hydrogen) atoms. The van der Waals surface area contributed by atoms with Gasteiger partial charge in [0.15, 0.2) is 12.1 Å². The van der Waals surface area contributed by atoms with E-state index >= 15 is 0 Å². The SMILES string of the molecule is COC(CNC(C)C(=O)c1ccc(C(C)(C)C)cc1)OC. The summed E-state index contributed by atoms with van der Waals surface area (Å²) in [5, 5.41) is 3.13. The second-order valence-electron chi connectivity index (χ2n) is 6.22. The molecule has 0 fully saturated rings. The molecule has 4 nitrogen and oxygen atoms in total. The van der Waals surface area contributed by atoms with E-state index in [1.165, 1.54) is 5.56 Å². The van der Waals surface area contributed by atoms with Gasteiger partial charge >= 0.3 is 0 Å². The van der Waals surface area contributed by atoms with Crippen LogP contribution in [0.25, 0.3) is 0 Å². The predicted molar refractivity (Wildman–Crippen MR) is 84.7 cm³/mol. The third-order valence-electron chi connectivity index (χ3n) is 3.55. The predicted octanol–water partition coefficient (Wildman–Crippen LogP) is 2.76. The Hall–Kier alpha value is -1.23. The molecule has 1 N–H and O–H groups in total. The first-order valence-electron chi connectivity index (χ1n) is 7.23. The van der Waals surface area contributed by atoms with Crippen molar-refractivity contribution in [3.63, 3.8) is 0 Å². The van der Waals surface area contributed by atoms with Gasteiger partial charge in [-0.15, -0.1) is 0 Å². The van der Waals surface area contributed by atoms with Gasteiger partial charge in [0.2, 0.25) is 0 Å².